The highest BCUT2D eigenvalue weighted by Crippen LogP contribution is 2.15. The van der Waals surface area contributed by atoms with Crippen molar-refractivity contribution in [3.05, 3.63) is 0 Å². The highest BCUT2D eigenvalue weighted by atomic mass is 16.2. The van der Waals surface area contributed by atoms with Crippen LogP contribution in [0.2, 0.25) is 0 Å². The van der Waals surface area contributed by atoms with Crippen LogP contribution in [0.4, 0.5) is 0 Å². The van der Waals surface area contributed by atoms with Gasteiger partial charge in [0, 0.05) is 26.1 Å². The van der Waals surface area contributed by atoms with Crippen molar-refractivity contribution in [3.8, 4) is 0 Å². The fourth-order valence-electron chi connectivity index (χ4n) is 1.62. The van der Waals surface area contributed by atoms with Crippen molar-refractivity contribution in [1.29, 1.82) is 0 Å². The molecule has 0 radical (unpaired) electrons. The zero-order valence-electron chi connectivity index (χ0n) is 12.1. The van der Waals surface area contributed by atoms with Crippen LogP contribution >= 0.6 is 0 Å². The lowest BCUT2D eigenvalue weighted by Gasteiger charge is -2.32. The van der Waals surface area contributed by atoms with Gasteiger partial charge in [0.15, 0.2) is 0 Å². The number of hydrogen-bond acceptors (Lipinski definition) is 3. The molecular weight excluding hydrogens is 214 g/mol. The molecule has 4 nitrogen and oxygen atoms in total. The maximum absolute atomic E-state index is 12.1. The second-order valence-electron chi connectivity index (χ2n) is 5.74. The number of amides is 1. The van der Waals surface area contributed by atoms with Crippen LogP contribution in [0.15, 0.2) is 0 Å². The summed E-state index contributed by atoms with van der Waals surface area (Å²) in [5.41, 5.74) is 5.73. The number of nitrogens with two attached hydrogens (primary N) is 1. The normalized spacial score (nSPS) is 11.9. The maximum Gasteiger partial charge on any atom is 0.223 e. The minimum Gasteiger partial charge on any atom is -0.342 e. The van der Waals surface area contributed by atoms with Crippen LogP contribution in [0, 0.1) is 5.41 Å². The van der Waals surface area contributed by atoms with Crippen LogP contribution in [0.3, 0.4) is 0 Å². The molecule has 0 bridgehead atoms. The van der Waals surface area contributed by atoms with E-state index in [4.69, 9.17) is 5.73 Å². The molecule has 0 aromatic heterocycles. The molecule has 0 aliphatic heterocycles. The smallest absolute Gasteiger partial charge is 0.223 e. The van der Waals surface area contributed by atoms with Gasteiger partial charge in [-0.25, -0.2) is 0 Å². The molecule has 0 saturated carbocycles. The van der Waals surface area contributed by atoms with Crippen molar-refractivity contribution in [1.82, 2.24) is 9.80 Å². The molecule has 0 unspecified atom stereocenters. The van der Waals surface area contributed by atoms with Gasteiger partial charge in [0.25, 0.3) is 0 Å². The molecule has 102 valence electrons. The Hall–Kier alpha value is -0.610. The lowest BCUT2D eigenvalue weighted by atomic mass is 9.93. The zero-order valence-corrected chi connectivity index (χ0v) is 12.1. The number of hydrogen-bond donors (Lipinski definition) is 1. The predicted octanol–water partition coefficient (Wildman–Crippen LogP) is 1.16. The molecule has 1 amide bonds. The summed E-state index contributed by atoms with van der Waals surface area (Å²) < 4.78 is 0. The van der Waals surface area contributed by atoms with Crippen LogP contribution in [-0.4, -0.2) is 56.0 Å². The summed E-state index contributed by atoms with van der Waals surface area (Å²) in [7, 11) is 3.97. The minimum absolute atomic E-state index is 0.00292. The van der Waals surface area contributed by atoms with Crippen molar-refractivity contribution in [2.45, 2.75) is 33.6 Å². The molecule has 0 heterocycles. The molecule has 0 aromatic rings. The Bertz CT molecular complexity index is 227. The van der Waals surface area contributed by atoms with Crippen LogP contribution in [0.5, 0.6) is 0 Å². The van der Waals surface area contributed by atoms with Crippen LogP contribution in [0.1, 0.15) is 33.6 Å². The molecular formula is C13H29N3O. The standard InChI is InChI=1S/C13H29N3O/c1-6-8-16(11-13(2,3)10-14)12(17)7-9-15(4)5/h6-11,14H2,1-5H3. The molecule has 0 atom stereocenters. The van der Waals surface area contributed by atoms with Gasteiger partial charge >= 0.3 is 0 Å². The Morgan fingerprint density at radius 2 is 1.82 bits per heavy atom. The Morgan fingerprint density at radius 3 is 2.24 bits per heavy atom. The Kier molecular flexibility index (Phi) is 7.39. The Morgan fingerprint density at radius 1 is 1.24 bits per heavy atom. The van der Waals surface area contributed by atoms with E-state index in [2.05, 4.69) is 20.8 Å². The SMILES string of the molecule is CCCN(CC(C)(C)CN)C(=O)CCN(C)C. The molecule has 0 aromatic carbocycles. The van der Waals surface area contributed by atoms with E-state index in [0.29, 0.717) is 13.0 Å². The van der Waals surface area contributed by atoms with Gasteiger partial charge in [-0.05, 0) is 32.5 Å². The molecule has 4 heteroatoms. The van der Waals surface area contributed by atoms with E-state index in [0.717, 1.165) is 26.1 Å². The quantitative estimate of drug-likeness (QED) is 0.696. The van der Waals surface area contributed by atoms with Crippen molar-refractivity contribution in [2.24, 2.45) is 11.1 Å². The van der Waals surface area contributed by atoms with Crippen LogP contribution in [0.25, 0.3) is 0 Å². The monoisotopic (exact) mass is 243 g/mol. The minimum atomic E-state index is 0.00292. The van der Waals surface area contributed by atoms with Crippen LogP contribution < -0.4 is 5.73 Å². The first-order valence-electron chi connectivity index (χ1n) is 6.45. The van der Waals surface area contributed by atoms with Gasteiger partial charge in [-0.2, -0.15) is 0 Å². The van der Waals surface area contributed by atoms with Gasteiger partial charge in [-0.3, -0.25) is 4.79 Å². The second kappa shape index (κ2) is 7.67. The van der Waals surface area contributed by atoms with Crippen molar-refractivity contribution in [2.75, 3.05) is 40.3 Å². The number of nitrogens with zero attached hydrogens (tertiary/aromatic N) is 2. The predicted molar refractivity (Wildman–Crippen MR) is 72.9 cm³/mol. The number of carbonyl (C=O) groups excluding carboxylic acids is 1. The Balaban J connectivity index is 4.35. The van der Waals surface area contributed by atoms with E-state index >= 15 is 0 Å². The summed E-state index contributed by atoms with van der Waals surface area (Å²) in [6.45, 7) is 9.31. The average Bonchev–Trinajstić information content (AvgIpc) is 2.25. The molecule has 0 rings (SSSR count). The van der Waals surface area contributed by atoms with E-state index in [1.807, 2.05) is 23.9 Å². The van der Waals surface area contributed by atoms with E-state index in [1.54, 1.807) is 0 Å². The average molecular weight is 243 g/mol. The lowest BCUT2D eigenvalue weighted by molar-refractivity contribution is -0.132. The van der Waals surface area contributed by atoms with Gasteiger partial charge < -0.3 is 15.5 Å². The summed E-state index contributed by atoms with van der Waals surface area (Å²) >= 11 is 0. The highest BCUT2D eigenvalue weighted by Gasteiger charge is 2.22. The summed E-state index contributed by atoms with van der Waals surface area (Å²) in [5.74, 6) is 0.238. The maximum atomic E-state index is 12.1. The summed E-state index contributed by atoms with van der Waals surface area (Å²) in [5, 5.41) is 0. The van der Waals surface area contributed by atoms with E-state index in [-0.39, 0.29) is 11.3 Å². The second-order valence-corrected chi connectivity index (χ2v) is 5.74. The number of rotatable bonds is 8. The van der Waals surface area contributed by atoms with Gasteiger partial charge in [-0.1, -0.05) is 20.8 Å². The molecule has 0 fully saturated rings. The van der Waals surface area contributed by atoms with Gasteiger partial charge in [0.1, 0.15) is 0 Å². The third kappa shape index (κ3) is 7.34. The van der Waals surface area contributed by atoms with E-state index in [1.165, 1.54) is 0 Å². The third-order valence-electron chi connectivity index (χ3n) is 2.79. The molecule has 17 heavy (non-hydrogen) atoms. The molecule has 2 N–H and O–H groups in total. The first kappa shape index (κ1) is 16.4. The van der Waals surface area contributed by atoms with Gasteiger partial charge in [0.05, 0.1) is 0 Å². The van der Waals surface area contributed by atoms with Gasteiger partial charge in [-0.15, -0.1) is 0 Å². The van der Waals surface area contributed by atoms with E-state index in [9.17, 15) is 4.79 Å². The highest BCUT2D eigenvalue weighted by molar-refractivity contribution is 5.76. The molecule has 0 aliphatic rings. The topological polar surface area (TPSA) is 49.6 Å². The molecule has 0 aliphatic carbocycles. The van der Waals surface area contributed by atoms with Crippen molar-refractivity contribution in [3.63, 3.8) is 0 Å². The Labute approximate surface area is 106 Å². The summed E-state index contributed by atoms with van der Waals surface area (Å²) in [6.07, 6.45) is 1.59. The zero-order chi connectivity index (χ0) is 13.5. The van der Waals surface area contributed by atoms with Crippen molar-refractivity contribution < 1.29 is 4.79 Å². The first-order chi connectivity index (χ1) is 7.82. The van der Waals surface area contributed by atoms with E-state index < -0.39 is 0 Å². The first-order valence-corrected chi connectivity index (χ1v) is 6.45. The lowest BCUT2D eigenvalue weighted by Crippen LogP contribution is -2.43. The third-order valence-corrected chi connectivity index (χ3v) is 2.79. The molecule has 0 saturated heterocycles. The number of carbonyl (C=O) groups is 1. The fourth-order valence-corrected chi connectivity index (χ4v) is 1.62. The fraction of sp³-hybridized carbons (Fsp3) is 0.923. The van der Waals surface area contributed by atoms with Gasteiger partial charge in [0.2, 0.25) is 5.91 Å². The summed E-state index contributed by atoms with van der Waals surface area (Å²) in [6, 6.07) is 0. The largest absolute Gasteiger partial charge is 0.342 e. The summed E-state index contributed by atoms with van der Waals surface area (Å²) in [4.78, 5) is 16.1. The van der Waals surface area contributed by atoms with Crippen LogP contribution in [-0.2, 0) is 4.79 Å². The molecule has 0 spiro atoms. The van der Waals surface area contributed by atoms with Crippen molar-refractivity contribution >= 4 is 5.91 Å².